The number of benzene rings is 1. The van der Waals surface area contributed by atoms with Gasteiger partial charge in [0.2, 0.25) is 0 Å². The summed E-state index contributed by atoms with van der Waals surface area (Å²) >= 11 is 0. The maximum atomic E-state index is 5.26. The molecule has 0 atom stereocenters. The smallest absolute Gasteiger partial charge is 0.256 e. The van der Waals surface area contributed by atoms with Crippen LogP contribution in [0.25, 0.3) is 0 Å². The highest BCUT2D eigenvalue weighted by Crippen LogP contribution is 2.25. The van der Waals surface area contributed by atoms with Crippen molar-refractivity contribution in [2.45, 2.75) is 13.3 Å². The maximum absolute atomic E-state index is 5.26. The Bertz CT molecular complexity index is 538. The van der Waals surface area contributed by atoms with Gasteiger partial charge in [-0.2, -0.15) is 0 Å². The number of nitrogens with zero attached hydrogens (tertiary/aromatic N) is 1. The van der Waals surface area contributed by atoms with E-state index in [-0.39, 0.29) is 0 Å². The summed E-state index contributed by atoms with van der Waals surface area (Å²) in [7, 11) is 3.21. The standard InChI is InChI=1S/C15H17NO2/c1-11-6-4-5-7-13(11)8-12-9-14(17-2)15(18-3)16-10-12/h4-7,9-10H,8H2,1-3H3. The molecule has 0 spiro atoms. The third-order valence-electron chi connectivity index (χ3n) is 2.94. The summed E-state index contributed by atoms with van der Waals surface area (Å²) < 4.78 is 10.4. The highest BCUT2D eigenvalue weighted by Gasteiger charge is 2.07. The first-order valence-corrected chi connectivity index (χ1v) is 5.86. The van der Waals surface area contributed by atoms with Crippen molar-refractivity contribution in [1.82, 2.24) is 4.98 Å². The minimum Gasteiger partial charge on any atom is -0.491 e. The van der Waals surface area contributed by atoms with E-state index >= 15 is 0 Å². The molecule has 0 amide bonds. The molecule has 3 heteroatoms. The zero-order valence-corrected chi connectivity index (χ0v) is 10.9. The van der Waals surface area contributed by atoms with Crippen LogP contribution < -0.4 is 9.47 Å². The summed E-state index contributed by atoms with van der Waals surface area (Å²) in [4.78, 5) is 4.25. The van der Waals surface area contributed by atoms with E-state index in [9.17, 15) is 0 Å². The molecular formula is C15H17NO2. The number of ether oxygens (including phenoxy) is 2. The van der Waals surface area contributed by atoms with E-state index in [0.717, 1.165) is 12.0 Å². The summed E-state index contributed by atoms with van der Waals surface area (Å²) in [6.07, 6.45) is 2.67. The van der Waals surface area contributed by atoms with Gasteiger partial charge in [0, 0.05) is 6.20 Å². The van der Waals surface area contributed by atoms with E-state index in [2.05, 4.69) is 30.1 Å². The molecule has 0 aliphatic carbocycles. The average molecular weight is 243 g/mol. The van der Waals surface area contributed by atoms with E-state index in [1.807, 2.05) is 18.3 Å². The Kier molecular flexibility index (Phi) is 3.82. The van der Waals surface area contributed by atoms with Gasteiger partial charge < -0.3 is 9.47 Å². The number of aromatic nitrogens is 1. The number of hydrogen-bond acceptors (Lipinski definition) is 3. The number of aryl methyl sites for hydroxylation is 1. The van der Waals surface area contributed by atoms with E-state index in [1.54, 1.807) is 14.2 Å². The van der Waals surface area contributed by atoms with Crippen LogP contribution in [0, 0.1) is 6.92 Å². The molecular weight excluding hydrogens is 226 g/mol. The molecule has 0 N–H and O–H groups in total. The molecule has 1 aromatic heterocycles. The minimum atomic E-state index is 0.519. The van der Waals surface area contributed by atoms with Gasteiger partial charge in [0.15, 0.2) is 5.75 Å². The highest BCUT2D eigenvalue weighted by molar-refractivity contribution is 5.39. The zero-order chi connectivity index (χ0) is 13.0. The van der Waals surface area contributed by atoms with Crippen LogP contribution in [0.2, 0.25) is 0 Å². The zero-order valence-electron chi connectivity index (χ0n) is 10.9. The first-order chi connectivity index (χ1) is 8.74. The van der Waals surface area contributed by atoms with Crippen LogP contribution in [0.1, 0.15) is 16.7 Å². The van der Waals surface area contributed by atoms with Crippen molar-refractivity contribution in [2.24, 2.45) is 0 Å². The quantitative estimate of drug-likeness (QED) is 0.827. The van der Waals surface area contributed by atoms with Gasteiger partial charge in [-0.3, -0.25) is 0 Å². The number of methoxy groups -OCH3 is 2. The first-order valence-electron chi connectivity index (χ1n) is 5.86. The van der Waals surface area contributed by atoms with E-state index in [4.69, 9.17) is 9.47 Å². The van der Waals surface area contributed by atoms with Crippen LogP contribution in [0.5, 0.6) is 11.6 Å². The van der Waals surface area contributed by atoms with E-state index in [0.29, 0.717) is 11.6 Å². The molecule has 3 nitrogen and oxygen atoms in total. The molecule has 0 saturated carbocycles. The van der Waals surface area contributed by atoms with Gasteiger partial charge in [-0.15, -0.1) is 0 Å². The lowest BCUT2D eigenvalue weighted by molar-refractivity contribution is 0.342. The molecule has 1 heterocycles. The largest absolute Gasteiger partial charge is 0.491 e. The third kappa shape index (κ3) is 2.62. The summed E-state index contributed by atoms with van der Waals surface area (Å²) in [6, 6.07) is 10.3. The molecule has 0 aliphatic heterocycles. The molecule has 0 fully saturated rings. The molecule has 0 aliphatic rings. The maximum Gasteiger partial charge on any atom is 0.256 e. The van der Waals surface area contributed by atoms with Crippen LogP contribution in [0.3, 0.4) is 0 Å². The number of pyridine rings is 1. The molecule has 0 bridgehead atoms. The van der Waals surface area contributed by atoms with Crippen molar-refractivity contribution in [2.75, 3.05) is 14.2 Å². The summed E-state index contributed by atoms with van der Waals surface area (Å²) in [5.41, 5.74) is 3.70. The Morgan fingerprint density at radius 1 is 1.11 bits per heavy atom. The van der Waals surface area contributed by atoms with Crippen molar-refractivity contribution < 1.29 is 9.47 Å². The molecule has 1 aromatic carbocycles. The number of rotatable bonds is 4. The fourth-order valence-corrected chi connectivity index (χ4v) is 1.90. The second-order valence-corrected chi connectivity index (χ2v) is 4.16. The van der Waals surface area contributed by atoms with Gasteiger partial charge in [0.1, 0.15) is 0 Å². The van der Waals surface area contributed by atoms with Crippen molar-refractivity contribution in [1.29, 1.82) is 0 Å². The fraction of sp³-hybridized carbons (Fsp3) is 0.267. The Labute approximate surface area is 107 Å². The van der Waals surface area contributed by atoms with Crippen LogP contribution >= 0.6 is 0 Å². The lowest BCUT2D eigenvalue weighted by Gasteiger charge is -2.09. The summed E-state index contributed by atoms with van der Waals surface area (Å²) in [5, 5.41) is 0. The topological polar surface area (TPSA) is 31.4 Å². The van der Waals surface area contributed by atoms with Crippen LogP contribution in [-0.2, 0) is 6.42 Å². The number of hydrogen-bond donors (Lipinski definition) is 0. The molecule has 0 radical (unpaired) electrons. The van der Waals surface area contributed by atoms with Gasteiger partial charge in [0.05, 0.1) is 14.2 Å². The van der Waals surface area contributed by atoms with Crippen molar-refractivity contribution in [3.8, 4) is 11.6 Å². The lowest BCUT2D eigenvalue weighted by Crippen LogP contribution is -1.97. The van der Waals surface area contributed by atoms with Gasteiger partial charge in [-0.1, -0.05) is 24.3 Å². The highest BCUT2D eigenvalue weighted by atomic mass is 16.5. The summed E-state index contributed by atoms with van der Waals surface area (Å²) in [6.45, 7) is 2.11. The molecule has 0 unspecified atom stereocenters. The second-order valence-electron chi connectivity index (χ2n) is 4.16. The Hall–Kier alpha value is -2.03. The monoisotopic (exact) mass is 243 g/mol. The first kappa shape index (κ1) is 12.4. The Morgan fingerprint density at radius 2 is 1.89 bits per heavy atom. The van der Waals surface area contributed by atoms with E-state index < -0.39 is 0 Å². The van der Waals surface area contributed by atoms with E-state index in [1.165, 1.54) is 11.1 Å². The third-order valence-corrected chi connectivity index (χ3v) is 2.94. The van der Waals surface area contributed by atoms with Gasteiger partial charge in [-0.25, -0.2) is 4.98 Å². The SMILES string of the molecule is COc1cc(Cc2ccccc2C)cnc1OC. The van der Waals surface area contributed by atoms with Crippen LogP contribution in [-0.4, -0.2) is 19.2 Å². The van der Waals surface area contributed by atoms with Gasteiger partial charge in [0.25, 0.3) is 5.88 Å². The molecule has 18 heavy (non-hydrogen) atoms. The van der Waals surface area contributed by atoms with Crippen molar-refractivity contribution >= 4 is 0 Å². The van der Waals surface area contributed by atoms with Crippen molar-refractivity contribution in [3.63, 3.8) is 0 Å². The minimum absolute atomic E-state index is 0.519. The molecule has 2 aromatic rings. The van der Waals surface area contributed by atoms with Crippen molar-refractivity contribution in [3.05, 3.63) is 53.2 Å². The fourth-order valence-electron chi connectivity index (χ4n) is 1.90. The second kappa shape index (κ2) is 5.54. The van der Waals surface area contributed by atoms with Crippen LogP contribution in [0.15, 0.2) is 36.5 Å². The van der Waals surface area contributed by atoms with Gasteiger partial charge >= 0.3 is 0 Å². The molecule has 2 rings (SSSR count). The van der Waals surface area contributed by atoms with Crippen LogP contribution in [0.4, 0.5) is 0 Å². The summed E-state index contributed by atoms with van der Waals surface area (Å²) in [5.74, 6) is 1.19. The predicted octanol–water partition coefficient (Wildman–Crippen LogP) is 3.00. The average Bonchev–Trinajstić information content (AvgIpc) is 2.41. The lowest BCUT2D eigenvalue weighted by atomic mass is 10.0. The normalized spacial score (nSPS) is 10.2. The molecule has 0 saturated heterocycles. The van der Waals surface area contributed by atoms with Gasteiger partial charge in [-0.05, 0) is 36.1 Å². The Balaban J connectivity index is 2.27. The molecule has 94 valence electrons. The predicted molar refractivity (Wildman–Crippen MR) is 71.3 cm³/mol. The Morgan fingerprint density at radius 3 is 2.56 bits per heavy atom.